The number of aliphatic hydroxyl groups is 1. The lowest BCUT2D eigenvalue weighted by molar-refractivity contribution is -0.155. The number of carbonyl (C=O) groups is 2. The van der Waals surface area contributed by atoms with Crippen LogP contribution in [-0.4, -0.2) is 28.9 Å². The maximum absolute atomic E-state index is 12.5. The molecular weight excluding hydrogens is 298 g/mol. The molecule has 1 amide bonds. The van der Waals surface area contributed by atoms with Crippen LogP contribution in [0.4, 0.5) is 0 Å². The van der Waals surface area contributed by atoms with E-state index in [4.69, 9.17) is 0 Å². The molecule has 2 N–H and O–H groups in total. The van der Waals surface area contributed by atoms with Crippen LogP contribution in [0.25, 0.3) is 0 Å². The Morgan fingerprint density at radius 3 is 2.77 bits per heavy atom. The van der Waals surface area contributed by atoms with Gasteiger partial charge in [-0.2, -0.15) is 0 Å². The minimum atomic E-state index is -1.36. The highest BCUT2D eigenvalue weighted by molar-refractivity contribution is 7.12. The molecule has 1 aliphatic carbocycles. The molecule has 1 aliphatic rings. The molecule has 1 aromatic rings. The first-order chi connectivity index (χ1) is 10.3. The van der Waals surface area contributed by atoms with Gasteiger partial charge in [0.2, 0.25) is 0 Å². The Labute approximate surface area is 135 Å². The second kappa shape index (κ2) is 6.92. The number of nitrogens with one attached hydrogen (secondary N) is 1. The average Bonchev–Trinajstić information content (AvgIpc) is 2.97. The zero-order valence-corrected chi connectivity index (χ0v) is 14.3. The van der Waals surface area contributed by atoms with E-state index in [1.54, 1.807) is 6.07 Å². The normalized spacial score (nSPS) is 28.6. The summed E-state index contributed by atoms with van der Waals surface area (Å²) in [7, 11) is 0. The molecule has 1 fully saturated rings. The second-order valence-corrected chi connectivity index (χ2v) is 7.69. The van der Waals surface area contributed by atoms with E-state index < -0.39 is 11.5 Å². The minimum Gasteiger partial charge on any atom is -0.380 e. The smallest absolute Gasteiger partial charge is 0.252 e. The summed E-state index contributed by atoms with van der Waals surface area (Å²) in [6.07, 6.45) is 2.35. The van der Waals surface area contributed by atoms with Crippen LogP contribution in [0.3, 0.4) is 0 Å². The molecule has 0 aromatic carbocycles. The number of amides is 1. The Morgan fingerprint density at radius 2 is 2.18 bits per heavy atom. The summed E-state index contributed by atoms with van der Waals surface area (Å²) in [5.41, 5.74) is -1.36. The number of carbonyl (C=O) groups excluding carboxylic acids is 2. The fraction of sp³-hybridized carbons (Fsp3) is 0.647. The SMILES string of the molecule is CC1CCC(C(C)C)C(O)(C(=O)NCC(=O)c2cccs2)C1. The molecule has 0 saturated heterocycles. The van der Waals surface area contributed by atoms with Gasteiger partial charge in [-0.25, -0.2) is 0 Å². The third-order valence-corrected chi connectivity index (χ3v) is 5.56. The van der Waals surface area contributed by atoms with Gasteiger partial charge in [0.25, 0.3) is 5.91 Å². The second-order valence-electron chi connectivity index (χ2n) is 6.74. The molecule has 5 heteroatoms. The third-order valence-electron chi connectivity index (χ3n) is 4.65. The van der Waals surface area contributed by atoms with Crippen LogP contribution < -0.4 is 5.32 Å². The first kappa shape index (κ1) is 17.2. The van der Waals surface area contributed by atoms with Gasteiger partial charge in [-0.1, -0.05) is 33.3 Å². The summed E-state index contributed by atoms with van der Waals surface area (Å²) in [4.78, 5) is 25.2. The number of Topliss-reactive ketones (excluding diaryl/α,β-unsaturated/α-hetero) is 1. The van der Waals surface area contributed by atoms with Gasteiger partial charge in [-0.15, -0.1) is 11.3 Å². The fourth-order valence-corrected chi connectivity index (χ4v) is 4.14. The molecule has 3 atom stereocenters. The molecule has 0 aliphatic heterocycles. The van der Waals surface area contributed by atoms with E-state index in [0.717, 1.165) is 12.8 Å². The van der Waals surface area contributed by atoms with E-state index in [0.29, 0.717) is 17.2 Å². The Kier molecular flexibility index (Phi) is 5.40. The van der Waals surface area contributed by atoms with Crippen molar-refractivity contribution in [2.24, 2.45) is 17.8 Å². The van der Waals surface area contributed by atoms with Crippen LogP contribution in [0, 0.1) is 17.8 Å². The molecule has 3 unspecified atom stereocenters. The van der Waals surface area contributed by atoms with E-state index in [-0.39, 0.29) is 24.2 Å². The molecule has 22 heavy (non-hydrogen) atoms. The molecular formula is C17H25NO3S. The fourth-order valence-electron chi connectivity index (χ4n) is 3.47. The highest BCUT2D eigenvalue weighted by atomic mass is 32.1. The zero-order valence-electron chi connectivity index (χ0n) is 13.5. The maximum atomic E-state index is 12.5. The Balaban J connectivity index is 2.03. The average molecular weight is 323 g/mol. The summed E-state index contributed by atoms with van der Waals surface area (Å²) in [5.74, 6) is -0.0184. The predicted octanol–water partition coefficient (Wildman–Crippen LogP) is 2.87. The lowest BCUT2D eigenvalue weighted by Gasteiger charge is -2.43. The van der Waals surface area contributed by atoms with Gasteiger partial charge < -0.3 is 10.4 Å². The van der Waals surface area contributed by atoms with E-state index in [2.05, 4.69) is 12.2 Å². The Bertz CT molecular complexity index is 526. The molecule has 0 spiro atoms. The molecule has 0 radical (unpaired) electrons. The topological polar surface area (TPSA) is 66.4 Å². The van der Waals surface area contributed by atoms with Crippen molar-refractivity contribution in [3.05, 3.63) is 22.4 Å². The molecule has 122 valence electrons. The van der Waals surface area contributed by atoms with E-state index >= 15 is 0 Å². The summed E-state index contributed by atoms with van der Waals surface area (Å²) >= 11 is 1.36. The molecule has 2 rings (SSSR count). The van der Waals surface area contributed by atoms with Crippen LogP contribution in [0.5, 0.6) is 0 Å². The van der Waals surface area contributed by atoms with Crippen LogP contribution in [-0.2, 0) is 4.79 Å². The first-order valence-electron chi connectivity index (χ1n) is 7.92. The van der Waals surface area contributed by atoms with Gasteiger partial charge >= 0.3 is 0 Å². The van der Waals surface area contributed by atoms with Gasteiger partial charge in [0.05, 0.1) is 11.4 Å². The highest BCUT2D eigenvalue weighted by Gasteiger charge is 2.48. The largest absolute Gasteiger partial charge is 0.380 e. The zero-order chi connectivity index (χ0) is 16.3. The summed E-state index contributed by atoms with van der Waals surface area (Å²) in [6.45, 7) is 6.08. The number of ketones is 1. The number of hydrogen-bond donors (Lipinski definition) is 2. The molecule has 1 heterocycles. The quantitative estimate of drug-likeness (QED) is 0.819. The van der Waals surface area contributed by atoms with Crippen molar-refractivity contribution in [1.82, 2.24) is 5.32 Å². The number of hydrogen-bond acceptors (Lipinski definition) is 4. The summed E-state index contributed by atoms with van der Waals surface area (Å²) in [6, 6.07) is 3.55. The van der Waals surface area contributed by atoms with Gasteiger partial charge in [-0.3, -0.25) is 9.59 Å². The lowest BCUT2D eigenvalue weighted by atomic mass is 9.66. The lowest BCUT2D eigenvalue weighted by Crippen LogP contribution is -2.56. The van der Waals surface area contributed by atoms with Crippen molar-refractivity contribution in [2.45, 2.75) is 45.6 Å². The first-order valence-corrected chi connectivity index (χ1v) is 8.80. The third kappa shape index (κ3) is 3.58. The molecule has 1 saturated carbocycles. The summed E-state index contributed by atoms with van der Waals surface area (Å²) < 4.78 is 0. The van der Waals surface area contributed by atoms with Gasteiger partial charge in [0.1, 0.15) is 5.60 Å². The summed E-state index contributed by atoms with van der Waals surface area (Å²) in [5, 5.41) is 15.5. The van der Waals surface area contributed by atoms with Crippen molar-refractivity contribution < 1.29 is 14.7 Å². The molecule has 1 aromatic heterocycles. The van der Waals surface area contributed by atoms with Crippen molar-refractivity contribution in [2.75, 3.05) is 6.54 Å². The van der Waals surface area contributed by atoms with Crippen molar-refractivity contribution >= 4 is 23.0 Å². The van der Waals surface area contributed by atoms with E-state index in [1.165, 1.54) is 11.3 Å². The molecule has 4 nitrogen and oxygen atoms in total. The molecule has 0 bridgehead atoms. The van der Waals surface area contributed by atoms with Crippen LogP contribution in [0.15, 0.2) is 17.5 Å². The van der Waals surface area contributed by atoms with Crippen molar-refractivity contribution in [1.29, 1.82) is 0 Å². The van der Waals surface area contributed by atoms with Crippen molar-refractivity contribution in [3.8, 4) is 0 Å². The standard InChI is InChI=1S/C17H25NO3S/c1-11(2)13-7-6-12(3)9-17(13,21)16(20)18-10-14(19)15-5-4-8-22-15/h4-5,8,11-13,21H,6-7,9-10H2,1-3H3,(H,18,20). The van der Waals surface area contributed by atoms with Crippen LogP contribution >= 0.6 is 11.3 Å². The van der Waals surface area contributed by atoms with Gasteiger partial charge in [-0.05, 0) is 42.0 Å². The van der Waals surface area contributed by atoms with Crippen LogP contribution in [0.1, 0.15) is 49.7 Å². The monoisotopic (exact) mass is 323 g/mol. The van der Waals surface area contributed by atoms with Gasteiger partial charge in [0.15, 0.2) is 5.78 Å². The number of thiophene rings is 1. The van der Waals surface area contributed by atoms with E-state index in [1.807, 2.05) is 25.3 Å². The van der Waals surface area contributed by atoms with Crippen LogP contribution in [0.2, 0.25) is 0 Å². The maximum Gasteiger partial charge on any atom is 0.252 e. The minimum absolute atomic E-state index is 0.0547. The Hall–Kier alpha value is -1.20. The number of rotatable bonds is 5. The highest BCUT2D eigenvalue weighted by Crippen LogP contribution is 2.41. The van der Waals surface area contributed by atoms with E-state index in [9.17, 15) is 14.7 Å². The predicted molar refractivity (Wildman–Crippen MR) is 88.0 cm³/mol. The van der Waals surface area contributed by atoms with Crippen molar-refractivity contribution in [3.63, 3.8) is 0 Å². The van der Waals surface area contributed by atoms with Gasteiger partial charge in [0, 0.05) is 0 Å². The Morgan fingerprint density at radius 1 is 1.45 bits per heavy atom.